The van der Waals surface area contributed by atoms with Crippen LogP contribution in [0.15, 0.2) is 27.7 Å². The summed E-state index contributed by atoms with van der Waals surface area (Å²) in [5.74, 6) is -3.41. The van der Waals surface area contributed by atoms with Crippen molar-refractivity contribution in [1.29, 1.82) is 0 Å². The predicted octanol–water partition coefficient (Wildman–Crippen LogP) is 7.88. The van der Waals surface area contributed by atoms with Crippen LogP contribution in [0.3, 0.4) is 0 Å². The van der Waals surface area contributed by atoms with Crippen molar-refractivity contribution in [3.63, 3.8) is 0 Å². The van der Waals surface area contributed by atoms with Gasteiger partial charge in [-0.05, 0) is 53.4 Å². The van der Waals surface area contributed by atoms with Crippen molar-refractivity contribution in [2.45, 2.75) is 81.1 Å². The Morgan fingerprint density at radius 2 is 1.10 bits per heavy atom. The van der Waals surface area contributed by atoms with Crippen molar-refractivity contribution >= 4 is 33.5 Å². The highest BCUT2D eigenvalue weighted by Crippen LogP contribution is 2.52. The number of ketones is 2. The Labute approximate surface area is 229 Å². The number of allylic oxidation sites excluding steroid dienone is 4. The highest BCUT2D eigenvalue weighted by atomic mass is 16.3. The predicted molar refractivity (Wildman–Crippen MR) is 154 cm³/mol. The van der Waals surface area contributed by atoms with Crippen LogP contribution in [0.4, 0.5) is 0 Å². The van der Waals surface area contributed by atoms with Crippen molar-refractivity contribution < 1.29 is 34.4 Å². The standard InChI is InChI=1S/C32H40O7/c1-9-17(7)25(33)23-29(37)20(14-12-16(5)6)31-22(30(23)38)21-27(35)19(13-11-15(3)4)28(36)24(32(21)39-31)26(34)18(8)10-2/h11-12,17-18,35-38H,9-10,13-14H2,1-8H3. The molecule has 0 spiro atoms. The van der Waals surface area contributed by atoms with Crippen LogP contribution < -0.4 is 0 Å². The number of fused-ring (bicyclic) bond motifs is 3. The Morgan fingerprint density at radius 3 is 1.59 bits per heavy atom. The van der Waals surface area contributed by atoms with Crippen LogP contribution in [-0.4, -0.2) is 32.0 Å². The Morgan fingerprint density at radius 1 is 0.667 bits per heavy atom. The highest BCUT2D eigenvalue weighted by molar-refractivity contribution is 6.23. The van der Waals surface area contributed by atoms with Gasteiger partial charge in [-0.3, -0.25) is 9.59 Å². The molecule has 2 aromatic carbocycles. The Balaban J connectivity index is 2.66. The first-order valence-corrected chi connectivity index (χ1v) is 13.5. The van der Waals surface area contributed by atoms with Crippen molar-refractivity contribution in [1.82, 2.24) is 0 Å². The maximum Gasteiger partial charge on any atom is 0.173 e. The van der Waals surface area contributed by atoms with Gasteiger partial charge in [0.15, 0.2) is 17.1 Å². The molecule has 39 heavy (non-hydrogen) atoms. The summed E-state index contributed by atoms with van der Waals surface area (Å²) < 4.78 is 6.17. The lowest BCUT2D eigenvalue weighted by molar-refractivity contribution is 0.0915. The summed E-state index contributed by atoms with van der Waals surface area (Å²) in [6.45, 7) is 14.7. The molecule has 2 atom stereocenters. The molecule has 0 radical (unpaired) electrons. The van der Waals surface area contributed by atoms with E-state index in [9.17, 15) is 30.0 Å². The molecule has 0 aliphatic rings. The number of Topliss-reactive ketones (excluding diaryl/α,β-unsaturated/α-hetero) is 2. The summed E-state index contributed by atoms with van der Waals surface area (Å²) in [7, 11) is 0. The third kappa shape index (κ3) is 5.27. The van der Waals surface area contributed by atoms with Crippen molar-refractivity contribution in [2.24, 2.45) is 11.8 Å². The smallest absolute Gasteiger partial charge is 0.173 e. The number of phenolic OH excluding ortho intramolecular Hbond substituents is 4. The van der Waals surface area contributed by atoms with Gasteiger partial charge in [0, 0.05) is 23.0 Å². The first-order valence-electron chi connectivity index (χ1n) is 13.5. The van der Waals surface area contributed by atoms with Crippen LogP contribution in [0.25, 0.3) is 21.9 Å². The summed E-state index contributed by atoms with van der Waals surface area (Å²) in [5.41, 5.74) is 1.89. The lowest BCUT2D eigenvalue weighted by Gasteiger charge is -2.16. The van der Waals surface area contributed by atoms with Crippen LogP contribution in [0.5, 0.6) is 23.0 Å². The molecule has 0 aliphatic carbocycles. The molecular weight excluding hydrogens is 496 g/mol. The van der Waals surface area contributed by atoms with E-state index in [0.717, 1.165) is 11.1 Å². The van der Waals surface area contributed by atoms with Crippen molar-refractivity contribution in [3.05, 3.63) is 45.6 Å². The second kappa shape index (κ2) is 11.6. The fourth-order valence-corrected chi connectivity index (χ4v) is 4.61. The first kappa shape index (κ1) is 29.8. The van der Waals surface area contributed by atoms with E-state index in [1.54, 1.807) is 13.8 Å². The normalized spacial score (nSPS) is 12.9. The molecule has 0 saturated carbocycles. The van der Waals surface area contributed by atoms with Crippen molar-refractivity contribution in [3.8, 4) is 23.0 Å². The summed E-state index contributed by atoms with van der Waals surface area (Å²) >= 11 is 0. The molecule has 7 nitrogen and oxygen atoms in total. The SMILES string of the molecule is CCC(C)C(=O)c1c(O)c(CC=C(C)C)c2oc3c(C(=O)C(C)CC)c(O)c(CC=C(C)C)c(O)c3c2c1O. The molecule has 7 heteroatoms. The molecular formula is C32H40O7. The van der Waals surface area contributed by atoms with Crippen LogP contribution in [0, 0.1) is 11.8 Å². The Hall–Kier alpha value is -3.74. The number of hydrogen-bond donors (Lipinski definition) is 4. The summed E-state index contributed by atoms with van der Waals surface area (Å²) in [6, 6.07) is 0. The number of benzene rings is 2. The average molecular weight is 537 g/mol. The van der Waals surface area contributed by atoms with Gasteiger partial charge in [-0.1, -0.05) is 51.0 Å². The van der Waals surface area contributed by atoms with Crippen LogP contribution in [0.1, 0.15) is 100 Å². The van der Waals surface area contributed by atoms with Crippen LogP contribution in [-0.2, 0) is 12.8 Å². The molecule has 2 unspecified atom stereocenters. The zero-order chi connectivity index (χ0) is 29.3. The molecule has 1 heterocycles. The Kier molecular flexibility index (Phi) is 8.84. The number of carbonyl (C=O) groups excluding carboxylic acids is 2. The summed E-state index contributed by atoms with van der Waals surface area (Å²) in [5, 5.41) is 45.6. The van der Waals surface area contributed by atoms with Gasteiger partial charge in [-0.2, -0.15) is 0 Å². The minimum atomic E-state index is -0.524. The number of phenols is 4. The number of carbonyl (C=O) groups is 2. The molecule has 210 valence electrons. The topological polar surface area (TPSA) is 128 Å². The van der Waals surface area contributed by atoms with Gasteiger partial charge in [-0.15, -0.1) is 0 Å². The highest BCUT2D eigenvalue weighted by Gasteiger charge is 2.34. The Bertz CT molecular complexity index is 1510. The largest absolute Gasteiger partial charge is 0.507 e. The van der Waals surface area contributed by atoms with Gasteiger partial charge in [0.2, 0.25) is 0 Å². The van der Waals surface area contributed by atoms with Gasteiger partial charge < -0.3 is 24.8 Å². The van der Waals surface area contributed by atoms with E-state index < -0.39 is 29.1 Å². The molecule has 3 aromatic rings. The van der Waals surface area contributed by atoms with E-state index in [-0.39, 0.29) is 74.3 Å². The lowest BCUT2D eigenvalue weighted by Crippen LogP contribution is -2.12. The lowest BCUT2D eigenvalue weighted by atomic mass is 9.89. The summed E-state index contributed by atoms with van der Waals surface area (Å²) in [4.78, 5) is 26.9. The zero-order valence-corrected chi connectivity index (χ0v) is 24.2. The second-order valence-corrected chi connectivity index (χ2v) is 10.9. The number of hydrogen-bond acceptors (Lipinski definition) is 7. The zero-order valence-electron chi connectivity index (χ0n) is 24.2. The van der Waals surface area contributed by atoms with Crippen LogP contribution >= 0.6 is 0 Å². The fourth-order valence-electron chi connectivity index (χ4n) is 4.61. The number of aromatic hydroxyl groups is 4. The average Bonchev–Trinajstić information content (AvgIpc) is 3.27. The van der Waals surface area contributed by atoms with Gasteiger partial charge >= 0.3 is 0 Å². The molecule has 0 saturated heterocycles. The molecule has 4 N–H and O–H groups in total. The maximum absolute atomic E-state index is 13.6. The third-order valence-corrected chi connectivity index (χ3v) is 7.49. The van der Waals surface area contributed by atoms with Crippen LogP contribution in [0.2, 0.25) is 0 Å². The number of rotatable bonds is 10. The second-order valence-electron chi connectivity index (χ2n) is 10.9. The first-order chi connectivity index (χ1) is 18.3. The monoisotopic (exact) mass is 536 g/mol. The fraction of sp³-hybridized carbons (Fsp3) is 0.438. The molecule has 0 fully saturated rings. The molecule has 0 bridgehead atoms. The summed E-state index contributed by atoms with van der Waals surface area (Å²) in [6.07, 6.45) is 4.96. The van der Waals surface area contributed by atoms with E-state index in [2.05, 4.69) is 0 Å². The van der Waals surface area contributed by atoms with Crippen molar-refractivity contribution in [2.75, 3.05) is 0 Å². The van der Waals surface area contributed by atoms with Gasteiger partial charge in [0.25, 0.3) is 0 Å². The van der Waals surface area contributed by atoms with E-state index in [1.807, 2.05) is 53.7 Å². The molecule has 0 amide bonds. The number of furan rings is 1. The van der Waals surface area contributed by atoms with Gasteiger partial charge in [-0.25, -0.2) is 0 Å². The molecule has 3 rings (SSSR count). The molecule has 1 aromatic heterocycles. The maximum atomic E-state index is 13.6. The van der Waals surface area contributed by atoms with Gasteiger partial charge in [0.1, 0.15) is 39.7 Å². The third-order valence-electron chi connectivity index (χ3n) is 7.49. The van der Waals surface area contributed by atoms with Gasteiger partial charge in [0.05, 0.1) is 10.8 Å². The van der Waals surface area contributed by atoms with E-state index >= 15 is 0 Å². The molecule has 0 aliphatic heterocycles. The van der Waals surface area contributed by atoms with E-state index in [0.29, 0.717) is 12.8 Å². The van der Waals surface area contributed by atoms with E-state index in [4.69, 9.17) is 4.42 Å². The minimum Gasteiger partial charge on any atom is -0.507 e. The quantitative estimate of drug-likeness (QED) is 0.153. The van der Waals surface area contributed by atoms with E-state index in [1.165, 1.54) is 0 Å². The minimum absolute atomic E-state index is 0.0285.